The van der Waals surface area contributed by atoms with Gasteiger partial charge in [0.05, 0.1) is 49.8 Å². The van der Waals surface area contributed by atoms with E-state index in [2.05, 4.69) is 10.6 Å². The number of esters is 2. The Labute approximate surface area is 230 Å². The van der Waals surface area contributed by atoms with Crippen molar-refractivity contribution in [3.05, 3.63) is 75.9 Å². The number of amides is 1. The quantitative estimate of drug-likeness (QED) is 0.396. The zero-order chi connectivity index (χ0) is 28.3. The molecule has 0 radical (unpaired) electrons. The molecule has 1 amide bonds. The van der Waals surface area contributed by atoms with Crippen molar-refractivity contribution in [3.8, 4) is 27.6 Å². The van der Waals surface area contributed by atoms with Crippen molar-refractivity contribution >= 4 is 34.9 Å². The molecule has 1 aliphatic heterocycles. The molecule has 2 aromatic carbocycles. The zero-order valence-electron chi connectivity index (χ0n) is 22.5. The lowest BCUT2D eigenvalue weighted by atomic mass is 9.78. The molecule has 10 heteroatoms. The number of anilines is 1. The van der Waals surface area contributed by atoms with Gasteiger partial charge < -0.3 is 24.8 Å². The molecular weight excluding hydrogens is 518 g/mol. The van der Waals surface area contributed by atoms with Gasteiger partial charge in [0.2, 0.25) is 5.91 Å². The van der Waals surface area contributed by atoms with E-state index >= 15 is 0 Å². The van der Waals surface area contributed by atoms with Crippen LogP contribution in [0.1, 0.15) is 32.3 Å². The van der Waals surface area contributed by atoms with Crippen LogP contribution < -0.4 is 15.4 Å². The molecule has 39 heavy (non-hydrogen) atoms. The first-order valence-corrected chi connectivity index (χ1v) is 12.9. The maximum atomic E-state index is 13.0. The van der Waals surface area contributed by atoms with E-state index in [-0.39, 0.29) is 5.91 Å². The van der Waals surface area contributed by atoms with Crippen LogP contribution in [-0.2, 0) is 23.9 Å². The highest BCUT2D eigenvalue weighted by atomic mass is 32.1. The van der Waals surface area contributed by atoms with Crippen LogP contribution in [0, 0.1) is 0 Å². The molecule has 0 aliphatic carbocycles. The number of hydrogen-bond donors (Lipinski definition) is 2. The van der Waals surface area contributed by atoms with Crippen LogP contribution in [0.25, 0.3) is 21.8 Å². The van der Waals surface area contributed by atoms with E-state index in [4.69, 9.17) is 19.2 Å². The predicted octanol–water partition coefficient (Wildman–Crippen LogP) is 5.02. The van der Waals surface area contributed by atoms with Gasteiger partial charge in [0.25, 0.3) is 0 Å². The zero-order valence-corrected chi connectivity index (χ0v) is 23.3. The first-order chi connectivity index (χ1) is 18.7. The van der Waals surface area contributed by atoms with Gasteiger partial charge in [-0.2, -0.15) is 0 Å². The minimum atomic E-state index is -0.734. The summed E-state index contributed by atoms with van der Waals surface area (Å²) in [5, 5.41) is 8.52. The molecule has 0 saturated heterocycles. The van der Waals surface area contributed by atoms with Gasteiger partial charge in [-0.1, -0.05) is 24.3 Å². The molecule has 0 atom stereocenters. The number of carbonyl (C=O) groups excluding carboxylic acids is 3. The maximum absolute atomic E-state index is 13.0. The highest BCUT2D eigenvalue weighted by molar-refractivity contribution is 7.13. The summed E-state index contributed by atoms with van der Waals surface area (Å²) in [6.07, 6.45) is 0. The Morgan fingerprint density at radius 3 is 2.18 bits per heavy atom. The third kappa shape index (κ3) is 5.42. The number of benzene rings is 2. The molecule has 0 saturated carbocycles. The third-order valence-corrected chi connectivity index (χ3v) is 7.26. The van der Waals surface area contributed by atoms with E-state index in [1.807, 2.05) is 35.7 Å². The number of nitrogens with zero attached hydrogens (tertiary/aromatic N) is 1. The number of aromatic nitrogens is 1. The Kier molecular flexibility index (Phi) is 8.15. The first-order valence-electron chi connectivity index (χ1n) is 12.1. The Morgan fingerprint density at radius 1 is 0.949 bits per heavy atom. The van der Waals surface area contributed by atoms with Gasteiger partial charge in [0.1, 0.15) is 10.8 Å². The van der Waals surface area contributed by atoms with Gasteiger partial charge in [0, 0.05) is 34.8 Å². The van der Waals surface area contributed by atoms with Crippen LogP contribution >= 0.6 is 11.3 Å². The molecule has 0 unspecified atom stereocenters. The van der Waals surface area contributed by atoms with E-state index in [0.717, 1.165) is 11.1 Å². The minimum absolute atomic E-state index is 0.213. The van der Waals surface area contributed by atoms with Gasteiger partial charge in [0.15, 0.2) is 0 Å². The average Bonchev–Trinajstić information content (AvgIpc) is 3.42. The lowest BCUT2D eigenvalue weighted by Crippen LogP contribution is -2.32. The van der Waals surface area contributed by atoms with Gasteiger partial charge in [-0.25, -0.2) is 14.6 Å². The third-order valence-electron chi connectivity index (χ3n) is 6.38. The number of methoxy groups -OCH3 is 3. The van der Waals surface area contributed by atoms with E-state index in [0.29, 0.717) is 50.2 Å². The topological polar surface area (TPSA) is 116 Å². The van der Waals surface area contributed by atoms with Gasteiger partial charge >= 0.3 is 11.9 Å². The molecule has 0 bridgehead atoms. The van der Waals surface area contributed by atoms with E-state index in [1.165, 1.54) is 39.6 Å². The summed E-state index contributed by atoms with van der Waals surface area (Å²) in [4.78, 5) is 42.5. The fourth-order valence-electron chi connectivity index (χ4n) is 4.69. The number of allylic oxidation sites excluding steroid dienone is 2. The monoisotopic (exact) mass is 547 g/mol. The van der Waals surface area contributed by atoms with Crippen molar-refractivity contribution in [2.24, 2.45) is 0 Å². The number of ether oxygens (including phenoxy) is 3. The maximum Gasteiger partial charge on any atom is 0.336 e. The summed E-state index contributed by atoms with van der Waals surface area (Å²) in [6.45, 7) is 4.98. The average molecular weight is 548 g/mol. The summed E-state index contributed by atoms with van der Waals surface area (Å²) in [5.74, 6) is -1.50. The second-order valence-corrected chi connectivity index (χ2v) is 9.70. The van der Waals surface area contributed by atoms with Crippen LogP contribution in [0.15, 0.2) is 70.4 Å². The number of nitrogens with one attached hydrogen (secondary N) is 2. The Bertz CT molecular complexity index is 1480. The molecule has 0 fully saturated rings. The number of rotatable bonds is 7. The standard InChI is InChI=1S/C29H29N3O6S/c1-15-24(28(34)37-5)26(25(16(2)30-15)29(35)38-6)19-9-7-8-10-20(19)27-32-22(14-39-27)18-11-12-23(36-4)21(13-18)31-17(3)33/h7-14,26,30H,1-6H3,(H,31,33). The molecule has 0 spiro atoms. The summed E-state index contributed by atoms with van der Waals surface area (Å²) in [5.41, 5.74) is 5.34. The second-order valence-electron chi connectivity index (χ2n) is 8.84. The first kappa shape index (κ1) is 27.6. The molecule has 1 aromatic heterocycles. The molecule has 3 aromatic rings. The number of dihydropyridines is 1. The van der Waals surface area contributed by atoms with Gasteiger partial charge in [-0.05, 0) is 37.6 Å². The van der Waals surface area contributed by atoms with Gasteiger partial charge in [-0.15, -0.1) is 11.3 Å². The fraction of sp³-hybridized carbons (Fsp3) is 0.241. The van der Waals surface area contributed by atoms with Crippen molar-refractivity contribution in [1.29, 1.82) is 0 Å². The lowest BCUT2D eigenvalue weighted by Gasteiger charge is -2.31. The van der Waals surface area contributed by atoms with Crippen molar-refractivity contribution in [3.63, 3.8) is 0 Å². The highest BCUT2D eigenvalue weighted by Crippen LogP contribution is 2.44. The van der Waals surface area contributed by atoms with Crippen molar-refractivity contribution < 1.29 is 28.6 Å². The molecule has 2 N–H and O–H groups in total. The molecular formula is C29H29N3O6S. The molecule has 4 rings (SSSR count). The summed E-state index contributed by atoms with van der Waals surface area (Å²) >= 11 is 1.43. The highest BCUT2D eigenvalue weighted by Gasteiger charge is 2.39. The Balaban J connectivity index is 1.85. The van der Waals surface area contributed by atoms with E-state index in [9.17, 15) is 14.4 Å². The van der Waals surface area contributed by atoms with Crippen molar-refractivity contribution in [2.45, 2.75) is 26.7 Å². The normalized spacial score (nSPS) is 13.6. The van der Waals surface area contributed by atoms with Crippen molar-refractivity contribution in [2.75, 3.05) is 26.6 Å². The van der Waals surface area contributed by atoms with E-state index < -0.39 is 17.9 Å². The molecule has 202 valence electrons. The van der Waals surface area contributed by atoms with Crippen LogP contribution in [0.3, 0.4) is 0 Å². The summed E-state index contributed by atoms with van der Waals surface area (Å²) in [7, 11) is 4.16. The predicted molar refractivity (Wildman–Crippen MR) is 149 cm³/mol. The molecule has 1 aliphatic rings. The fourth-order valence-corrected chi connectivity index (χ4v) is 5.57. The van der Waals surface area contributed by atoms with Crippen LogP contribution in [0.4, 0.5) is 5.69 Å². The minimum Gasteiger partial charge on any atom is -0.495 e. The summed E-state index contributed by atoms with van der Waals surface area (Å²) in [6, 6.07) is 13.0. The smallest absolute Gasteiger partial charge is 0.336 e. The SMILES string of the molecule is COC(=O)C1=C(C)NC(C)=C(C(=O)OC)C1c1ccccc1-c1nc(-c2ccc(OC)c(NC(C)=O)c2)cs1. The second kappa shape index (κ2) is 11.5. The number of carbonyl (C=O) groups is 3. The Morgan fingerprint density at radius 2 is 1.59 bits per heavy atom. The Hall–Kier alpha value is -4.44. The summed E-state index contributed by atoms with van der Waals surface area (Å²) < 4.78 is 15.6. The van der Waals surface area contributed by atoms with Crippen LogP contribution in [0.2, 0.25) is 0 Å². The molecule has 9 nitrogen and oxygen atoms in total. The number of thiazole rings is 1. The van der Waals surface area contributed by atoms with E-state index in [1.54, 1.807) is 26.0 Å². The molecule has 2 heterocycles. The number of hydrogen-bond acceptors (Lipinski definition) is 9. The van der Waals surface area contributed by atoms with Crippen molar-refractivity contribution in [1.82, 2.24) is 10.3 Å². The van der Waals surface area contributed by atoms with Crippen LogP contribution in [-0.4, -0.2) is 44.2 Å². The van der Waals surface area contributed by atoms with Gasteiger partial charge in [-0.3, -0.25) is 4.79 Å². The van der Waals surface area contributed by atoms with Crippen LogP contribution in [0.5, 0.6) is 5.75 Å². The lowest BCUT2D eigenvalue weighted by molar-refractivity contribution is -0.137. The largest absolute Gasteiger partial charge is 0.495 e.